The Balaban J connectivity index is 1.99. The van der Waals surface area contributed by atoms with E-state index in [4.69, 9.17) is 5.73 Å². The molecule has 0 heterocycles. The number of thioether (sulfide) groups is 1. The van der Waals surface area contributed by atoms with Gasteiger partial charge >= 0.3 is 0 Å². The van der Waals surface area contributed by atoms with Crippen molar-refractivity contribution in [1.82, 2.24) is 0 Å². The Morgan fingerprint density at radius 2 is 1.59 bits per heavy atom. The summed E-state index contributed by atoms with van der Waals surface area (Å²) in [6.07, 6.45) is 1.30. The van der Waals surface area contributed by atoms with Crippen LogP contribution in [0.4, 0.5) is 0 Å². The minimum absolute atomic E-state index is 0.0803. The zero-order valence-corrected chi connectivity index (χ0v) is 13.3. The maximum atomic E-state index is 11.3. The highest BCUT2D eigenvalue weighted by Gasteiger charge is 2.18. The normalized spacial score (nSPS) is 11.9. The van der Waals surface area contributed by atoms with E-state index in [-0.39, 0.29) is 5.12 Å². The van der Waals surface area contributed by atoms with Gasteiger partial charge in [-0.05, 0) is 29.5 Å². The van der Waals surface area contributed by atoms with Crippen LogP contribution in [0.5, 0.6) is 0 Å². The van der Waals surface area contributed by atoms with E-state index in [2.05, 4.69) is 36.4 Å². The number of hydrogen-bond donors (Lipinski definition) is 1. The molecule has 4 heteroatoms. The Hall–Kier alpha value is -2.07. The van der Waals surface area contributed by atoms with Crippen LogP contribution >= 0.6 is 11.8 Å². The molecule has 0 aliphatic carbocycles. The standard InChI is InChI=1S/C18H19NO2S/c1-13(20)22-17(18(19)21)12-9-14-7-10-16(11-8-14)15-5-3-2-4-6-15/h2-8,10-11,17H,9,12H2,1H3,(H2,19,21). The summed E-state index contributed by atoms with van der Waals surface area (Å²) in [6.45, 7) is 1.45. The van der Waals surface area contributed by atoms with Gasteiger partial charge in [0.15, 0.2) is 5.12 Å². The lowest BCUT2D eigenvalue weighted by molar-refractivity contribution is -0.118. The van der Waals surface area contributed by atoms with Crippen molar-refractivity contribution >= 4 is 22.8 Å². The number of primary amides is 1. The third-order valence-electron chi connectivity index (χ3n) is 3.38. The largest absolute Gasteiger partial charge is 0.369 e. The molecule has 0 saturated carbocycles. The van der Waals surface area contributed by atoms with Gasteiger partial charge in [-0.1, -0.05) is 66.4 Å². The molecule has 2 aromatic rings. The molecule has 1 unspecified atom stereocenters. The summed E-state index contributed by atoms with van der Waals surface area (Å²) in [5, 5.41) is -0.533. The van der Waals surface area contributed by atoms with Crippen LogP contribution in [0.3, 0.4) is 0 Å². The first-order valence-electron chi connectivity index (χ1n) is 7.17. The molecule has 1 amide bonds. The van der Waals surface area contributed by atoms with E-state index in [1.807, 2.05) is 18.2 Å². The first kappa shape index (κ1) is 16.3. The number of carbonyl (C=O) groups is 2. The third-order valence-corrected chi connectivity index (χ3v) is 4.47. The summed E-state index contributed by atoms with van der Waals surface area (Å²) >= 11 is 1.01. The lowest BCUT2D eigenvalue weighted by atomic mass is 10.0. The maximum Gasteiger partial charge on any atom is 0.231 e. The van der Waals surface area contributed by atoms with Gasteiger partial charge in [-0.3, -0.25) is 9.59 Å². The second-order valence-corrected chi connectivity index (χ2v) is 6.48. The number of benzene rings is 2. The Morgan fingerprint density at radius 3 is 2.14 bits per heavy atom. The highest BCUT2D eigenvalue weighted by Crippen LogP contribution is 2.21. The van der Waals surface area contributed by atoms with Gasteiger partial charge in [0.25, 0.3) is 0 Å². The number of aryl methyl sites for hydroxylation is 1. The minimum atomic E-state index is -0.453. The van der Waals surface area contributed by atoms with Crippen LogP contribution in [0.1, 0.15) is 18.9 Å². The van der Waals surface area contributed by atoms with E-state index >= 15 is 0 Å². The van der Waals surface area contributed by atoms with Crippen LogP contribution < -0.4 is 5.73 Å². The van der Waals surface area contributed by atoms with Crippen molar-refractivity contribution in [2.45, 2.75) is 25.0 Å². The van der Waals surface area contributed by atoms with Crippen LogP contribution in [0.15, 0.2) is 54.6 Å². The Labute approximate surface area is 134 Å². The summed E-state index contributed by atoms with van der Waals surface area (Å²) in [4.78, 5) is 22.5. The van der Waals surface area contributed by atoms with Gasteiger partial charge in [-0.25, -0.2) is 0 Å². The molecule has 2 rings (SSSR count). The van der Waals surface area contributed by atoms with Crippen molar-refractivity contribution in [2.75, 3.05) is 0 Å². The maximum absolute atomic E-state index is 11.3. The zero-order chi connectivity index (χ0) is 15.9. The van der Waals surface area contributed by atoms with Gasteiger partial charge in [0, 0.05) is 6.92 Å². The molecule has 2 aromatic carbocycles. The molecular weight excluding hydrogens is 294 g/mol. The number of amides is 1. The average Bonchev–Trinajstić information content (AvgIpc) is 2.52. The predicted molar refractivity (Wildman–Crippen MR) is 91.5 cm³/mol. The van der Waals surface area contributed by atoms with Crippen LogP contribution in [-0.4, -0.2) is 16.3 Å². The molecule has 0 aromatic heterocycles. The lowest BCUT2D eigenvalue weighted by Gasteiger charge is -2.11. The second kappa shape index (κ2) is 7.80. The van der Waals surface area contributed by atoms with Crippen molar-refractivity contribution in [1.29, 1.82) is 0 Å². The highest BCUT2D eigenvalue weighted by atomic mass is 32.2. The van der Waals surface area contributed by atoms with Crippen LogP contribution in [0.25, 0.3) is 11.1 Å². The molecule has 2 N–H and O–H groups in total. The van der Waals surface area contributed by atoms with E-state index < -0.39 is 11.2 Å². The summed E-state index contributed by atoms with van der Waals surface area (Å²) in [5.41, 5.74) is 8.81. The molecule has 0 radical (unpaired) electrons. The van der Waals surface area contributed by atoms with Crippen molar-refractivity contribution in [3.63, 3.8) is 0 Å². The van der Waals surface area contributed by atoms with Gasteiger partial charge in [0.2, 0.25) is 5.91 Å². The monoisotopic (exact) mass is 313 g/mol. The lowest BCUT2D eigenvalue weighted by Crippen LogP contribution is -2.27. The molecule has 0 spiro atoms. The number of carbonyl (C=O) groups excluding carboxylic acids is 2. The number of nitrogens with two attached hydrogens (primary N) is 1. The van der Waals surface area contributed by atoms with Crippen molar-refractivity contribution in [3.8, 4) is 11.1 Å². The van der Waals surface area contributed by atoms with E-state index in [1.165, 1.54) is 12.5 Å². The summed E-state index contributed by atoms with van der Waals surface area (Å²) in [7, 11) is 0. The van der Waals surface area contributed by atoms with Crippen molar-refractivity contribution in [2.24, 2.45) is 5.73 Å². The molecule has 3 nitrogen and oxygen atoms in total. The quantitative estimate of drug-likeness (QED) is 0.889. The summed E-state index contributed by atoms with van der Waals surface area (Å²) in [5.74, 6) is -0.430. The molecule has 0 saturated heterocycles. The Bertz CT molecular complexity index is 638. The van der Waals surface area contributed by atoms with E-state index in [0.717, 1.165) is 29.3 Å². The van der Waals surface area contributed by atoms with Crippen molar-refractivity contribution < 1.29 is 9.59 Å². The topological polar surface area (TPSA) is 60.2 Å². The average molecular weight is 313 g/mol. The number of rotatable bonds is 6. The summed E-state index contributed by atoms with van der Waals surface area (Å²) in [6, 6.07) is 18.4. The molecule has 114 valence electrons. The van der Waals surface area contributed by atoms with Gasteiger partial charge in [0.1, 0.15) is 0 Å². The smallest absolute Gasteiger partial charge is 0.231 e. The van der Waals surface area contributed by atoms with Crippen molar-refractivity contribution in [3.05, 3.63) is 60.2 Å². The Morgan fingerprint density at radius 1 is 1.00 bits per heavy atom. The van der Waals surface area contributed by atoms with Gasteiger partial charge in [-0.2, -0.15) is 0 Å². The molecule has 0 bridgehead atoms. The van der Waals surface area contributed by atoms with Gasteiger partial charge in [0.05, 0.1) is 5.25 Å². The van der Waals surface area contributed by atoms with Crippen LogP contribution in [0.2, 0.25) is 0 Å². The molecule has 22 heavy (non-hydrogen) atoms. The Kier molecular flexibility index (Phi) is 5.78. The zero-order valence-electron chi connectivity index (χ0n) is 12.5. The van der Waals surface area contributed by atoms with Crippen LogP contribution in [0, 0.1) is 0 Å². The summed E-state index contributed by atoms with van der Waals surface area (Å²) < 4.78 is 0. The van der Waals surface area contributed by atoms with E-state index in [0.29, 0.717) is 6.42 Å². The molecular formula is C18H19NO2S. The van der Waals surface area contributed by atoms with Gasteiger partial charge < -0.3 is 5.73 Å². The third kappa shape index (κ3) is 4.74. The molecule has 0 aliphatic rings. The minimum Gasteiger partial charge on any atom is -0.369 e. The highest BCUT2D eigenvalue weighted by molar-refractivity contribution is 8.14. The van der Waals surface area contributed by atoms with E-state index in [9.17, 15) is 9.59 Å². The van der Waals surface area contributed by atoms with Crippen LogP contribution in [-0.2, 0) is 16.0 Å². The fraction of sp³-hybridized carbons (Fsp3) is 0.222. The van der Waals surface area contributed by atoms with E-state index in [1.54, 1.807) is 0 Å². The molecule has 0 fully saturated rings. The molecule has 0 aliphatic heterocycles. The fourth-order valence-corrected chi connectivity index (χ4v) is 3.00. The first-order chi connectivity index (χ1) is 10.6. The van der Waals surface area contributed by atoms with Gasteiger partial charge in [-0.15, -0.1) is 0 Å². The predicted octanol–water partition coefficient (Wildman–Crippen LogP) is 3.42. The second-order valence-electron chi connectivity index (χ2n) is 5.10. The SMILES string of the molecule is CC(=O)SC(CCc1ccc(-c2ccccc2)cc1)C(N)=O. The number of hydrogen-bond acceptors (Lipinski definition) is 3. The first-order valence-corrected chi connectivity index (χ1v) is 8.05. The molecule has 1 atom stereocenters. The fourth-order valence-electron chi connectivity index (χ4n) is 2.25.